The molecule has 4 nitrogen and oxygen atoms in total. The van der Waals surface area contributed by atoms with Crippen LogP contribution in [-0.4, -0.2) is 17.6 Å². The molecule has 0 atom stereocenters. The minimum absolute atomic E-state index is 0. The number of hydrogen-bond acceptors (Lipinski definition) is 3. The van der Waals surface area contributed by atoms with Gasteiger partial charge in [-0.3, -0.25) is 4.98 Å². The third-order valence-electron chi connectivity index (χ3n) is 5.63. The van der Waals surface area contributed by atoms with Crippen LogP contribution in [0.1, 0.15) is 49.1 Å². The van der Waals surface area contributed by atoms with Gasteiger partial charge >= 0.3 is 5.76 Å². The first kappa shape index (κ1) is 20.6. The van der Waals surface area contributed by atoms with E-state index in [9.17, 15) is 9.18 Å². The van der Waals surface area contributed by atoms with Gasteiger partial charge in [-0.05, 0) is 86.4 Å². The maximum Gasteiger partial charge on any atom is 0.417 e. The Kier molecular flexibility index (Phi) is 6.92. The van der Waals surface area contributed by atoms with Gasteiger partial charge < -0.3 is 9.73 Å². The van der Waals surface area contributed by atoms with Gasteiger partial charge in [-0.1, -0.05) is 18.2 Å². The summed E-state index contributed by atoms with van der Waals surface area (Å²) in [5.74, 6) is -0.0333. The van der Waals surface area contributed by atoms with Crippen LogP contribution in [0.4, 0.5) is 4.39 Å². The van der Waals surface area contributed by atoms with Crippen LogP contribution in [0.25, 0.3) is 11.1 Å². The van der Waals surface area contributed by atoms with Crippen LogP contribution < -0.4 is 11.1 Å². The van der Waals surface area contributed by atoms with E-state index in [1.165, 1.54) is 23.3 Å². The number of oxazole rings is 1. The number of hydrogen-bond donors (Lipinski definition) is 2. The van der Waals surface area contributed by atoms with Crippen molar-refractivity contribution in [2.75, 3.05) is 6.54 Å². The fraction of sp³-hybridized carbons (Fsp3) is 0.409. The van der Waals surface area contributed by atoms with Crippen LogP contribution >= 0.6 is 12.4 Å². The van der Waals surface area contributed by atoms with E-state index in [0.29, 0.717) is 17.5 Å². The molecule has 150 valence electrons. The molecule has 1 saturated carbocycles. The fourth-order valence-corrected chi connectivity index (χ4v) is 4.10. The Morgan fingerprint density at radius 2 is 1.82 bits per heavy atom. The Balaban J connectivity index is 0.00000225. The van der Waals surface area contributed by atoms with Crippen LogP contribution in [0.3, 0.4) is 0 Å². The number of nitrogens with one attached hydrogen (secondary N) is 2. The SMILES string of the molecule is Cl.O=c1[nH]c2ccc([C@H]3CC[C@H](NCCCc4ccc(F)cc4)CC3)cc2o1. The molecule has 3 aromatic rings. The summed E-state index contributed by atoms with van der Waals surface area (Å²) in [5.41, 5.74) is 3.87. The summed E-state index contributed by atoms with van der Waals surface area (Å²) in [7, 11) is 0. The molecule has 0 saturated heterocycles. The molecule has 1 aliphatic rings. The highest BCUT2D eigenvalue weighted by atomic mass is 35.5. The Labute approximate surface area is 169 Å². The van der Waals surface area contributed by atoms with Crippen molar-refractivity contribution < 1.29 is 8.81 Å². The quantitative estimate of drug-likeness (QED) is 0.572. The molecule has 6 heteroatoms. The molecule has 28 heavy (non-hydrogen) atoms. The molecule has 4 rings (SSSR count). The number of H-pyrrole nitrogens is 1. The van der Waals surface area contributed by atoms with Crippen molar-refractivity contribution in [3.05, 3.63) is 70.0 Å². The molecule has 0 spiro atoms. The van der Waals surface area contributed by atoms with Gasteiger partial charge in [-0.15, -0.1) is 12.4 Å². The number of aromatic amines is 1. The minimum atomic E-state index is -0.393. The van der Waals surface area contributed by atoms with Gasteiger partial charge in [0.25, 0.3) is 0 Å². The lowest BCUT2D eigenvalue weighted by atomic mass is 9.81. The summed E-state index contributed by atoms with van der Waals surface area (Å²) in [5, 5.41) is 3.67. The van der Waals surface area contributed by atoms with Gasteiger partial charge in [0.2, 0.25) is 0 Å². The molecular formula is C22H26ClFN2O2. The van der Waals surface area contributed by atoms with Gasteiger partial charge in [-0.2, -0.15) is 0 Å². The normalized spacial score (nSPS) is 19.5. The maximum atomic E-state index is 12.9. The lowest BCUT2D eigenvalue weighted by molar-refractivity contribution is 0.342. The highest BCUT2D eigenvalue weighted by Crippen LogP contribution is 2.33. The van der Waals surface area contributed by atoms with Crippen LogP contribution in [0, 0.1) is 5.82 Å². The zero-order valence-electron chi connectivity index (χ0n) is 15.7. The first-order valence-corrected chi connectivity index (χ1v) is 9.78. The molecule has 1 fully saturated rings. The summed E-state index contributed by atoms with van der Waals surface area (Å²) in [6.07, 6.45) is 6.66. The van der Waals surface area contributed by atoms with Gasteiger partial charge in [0.15, 0.2) is 5.58 Å². The van der Waals surface area contributed by atoms with E-state index >= 15 is 0 Å². The number of halogens is 2. The van der Waals surface area contributed by atoms with E-state index in [0.717, 1.165) is 50.6 Å². The number of benzene rings is 2. The van der Waals surface area contributed by atoms with E-state index in [1.54, 1.807) is 0 Å². The topological polar surface area (TPSA) is 58.0 Å². The first-order valence-electron chi connectivity index (χ1n) is 9.78. The van der Waals surface area contributed by atoms with Crippen molar-refractivity contribution in [2.24, 2.45) is 0 Å². The summed E-state index contributed by atoms with van der Waals surface area (Å²) in [6.45, 7) is 0.993. The van der Waals surface area contributed by atoms with Crippen molar-refractivity contribution in [3.63, 3.8) is 0 Å². The van der Waals surface area contributed by atoms with E-state index in [1.807, 2.05) is 24.3 Å². The van der Waals surface area contributed by atoms with E-state index < -0.39 is 5.76 Å². The fourth-order valence-electron chi connectivity index (χ4n) is 4.10. The molecule has 2 aromatic carbocycles. The second-order valence-electron chi connectivity index (χ2n) is 7.50. The average Bonchev–Trinajstić information content (AvgIpc) is 3.06. The monoisotopic (exact) mass is 404 g/mol. The van der Waals surface area contributed by atoms with Crippen LogP contribution in [0.5, 0.6) is 0 Å². The smallest absolute Gasteiger partial charge is 0.408 e. The van der Waals surface area contributed by atoms with Crippen molar-refractivity contribution in [1.82, 2.24) is 10.3 Å². The molecule has 0 bridgehead atoms. The Morgan fingerprint density at radius 1 is 1.07 bits per heavy atom. The van der Waals surface area contributed by atoms with Gasteiger partial charge in [-0.25, -0.2) is 9.18 Å². The zero-order valence-corrected chi connectivity index (χ0v) is 16.6. The molecule has 0 amide bonds. The molecule has 1 heterocycles. The molecule has 0 aliphatic heterocycles. The van der Waals surface area contributed by atoms with E-state index in [-0.39, 0.29) is 18.2 Å². The number of rotatable bonds is 6. The van der Waals surface area contributed by atoms with Crippen molar-refractivity contribution in [1.29, 1.82) is 0 Å². The van der Waals surface area contributed by atoms with Crippen LogP contribution in [0.15, 0.2) is 51.7 Å². The lowest BCUT2D eigenvalue weighted by Crippen LogP contribution is -2.33. The summed E-state index contributed by atoms with van der Waals surface area (Å²) < 4.78 is 18.1. The zero-order chi connectivity index (χ0) is 18.6. The second-order valence-corrected chi connectivity index (χ2v) is 7.50. The van der Waals surface area contributed by atoms with Gasteiger partial charge in [0, 0.05) is 6.04 Å². The van der Waals surface area contributed by atoms with Crippen LogP contribution in [0.2, 0.25) is 0 Å². The van der Waals surface area contributed by atoms with Gasteiger partial charge in [0.1, 0.15) is 5.82 Å². The van der Waals surface area contributed by atoms with Crippen molar-refractivity contribution in [2.45, 2.75) is 50.5 Å². The predicted molar refractivity (Wildman–Crippen MR) is 112 cm³/mol. The average molecular weight is 405 g/mol. The van der Waals surface area contributed by atoms with Crippen molar-refractivity contribution >= 4 is 23.5 Å². The molecule has 1 aliphatic carbocycles. The summed E-state index contributed by atoms with van der Waals surface area (Å²) in [4.78, 5) is 14.0. The third-order valence-corrected chi connectivity index (χ3v) is 5.63. The lowest BCUT2D eigenvalue weighted by Gasteiger charge is -2.29. The Morgan fingerprint density at radius 3 is 2.57 bits per heavy atom. The highest BCUT2D eigenvalue weighted by Gasteiger charge is 2.22. The number of fused-ring (bicyclic) bond motifs is 1. The number of aromatic nitrogens is 1. The van der Waals surface area contributed by atoms with Crippen molar-refractivity contribution in [3.8, 4) is 0 Å². The maximum absolute atomic E-state index is 12.9. The molecule has 1 aromatic heterocycles. The van der Waals surface area contributed by atoms with Gasteiger partial charge in [0.05, 0.1) is 5.52 Å². The molecule has 2 N–H and O–H groups in total. The molecule has 0 radical (unpaired) electrons. The molecule has 0 unspecified atom stereocenters. The minimum Gasteiger partial charge on any atom is -0.408 e. The summed E-state index contributed by atoms with van der Waals surface area (Å²) >= 11 is 0. The van der Waals surface area contributed by atoms with Crippen LogP contribution in [-0.2, 0) is 6.42 Å². The summed E-state index contributed by atoms with van der Waals surface area (Å²) in [6, 6.07) is 13.4. The highest BCUT2D eigenvalue weighted by molar-refractivity contribution is 5.85. The predicted octanol–water partition coefficient (Wildman–Crippen LogP) is 4.93. The molecular weight excluding hydrogens is 379 g/mol. The standard InChI is InChI=1S/C22H25FN2O2.ClH/c23-18-8-3-15(4-9-18)2-1-13-24-19-10-5-16(6-11-19)17-7-12-20-21(14-17)27-22(26)25-20;/h3-4,7-9,12,14,16,19,24H,1-2,5-6,10-11,13H2,(H,25,26);1H/t16-,19-;. The Hall–Kier alpha value is -2.11. The first-order chi connectivity index (χ1) is 13.2. The number of aryl methyl sites for hydroxylation is 1. The largest absolute Gasteiger partial charge is 0.417 e. The second kappa shape index (κ2) is 9.39. The van der Waals surface area contributed by atoms with E-state index in [2.05, 4.69) is 16.4 Å². The third kappa shape index (κ3) is 5.03. The Bertz CT molecular complexity index is 943. The van der Waals surface area contributed by atoms with E-state index in [4.69, 9.17) is 4.42 Å².